The first-order valence-electron chi connectivity index (χ1n) is 7.10. The highest BCUT2D eigenvalue weighted by molar-refractivity contribution is 5.36. The Hall–Kier alpha value is -1.06. The van der Waals surface area contributed by atoms with E-state index in [0.717, 1.165) is 25.4 Å². The number of nitrogens with one attached hydrogen (secondary N) is 2. The molecule has 0 aliphatic carbocycles. The number of methoxy groups -OCH3 is 1. The van der Waals surface area contributed by atoms with Crippen LogP contribution in [0.1, 0.15) is 31.9 Å². The Balaban J connectivity index is 2.35. The summed E-state index contributed by atoms with van der Waals surface area (Å²) in [5, 5.41) is 6.99. The van der Waals surface area contributed by atoms with Gasteiger partial charge in [0.2, 0.25) is 0 Å². The minimum Gasteiger partial charge on any atom is -0.496 e. The number of ether oxygens (including phenoxy) is 1. The maximum atomic E-state index is 5.34. The van der Waals surface area contributed by atoms with Gasteiger partial charge in [-0.05, 0) is 43.5 Å². The number of rotatable bonds is 8. The predicted molar refractivity (Wildman–Crippen MR) is 81.7 cm³/mol. The first kappa shape index (κ1) is 16.0. The highest BCUT2D eigenvalue weighted by Gasteiger charge is 2.04. The van der Waals surface area contributed by atoms with Crippen molar-refractivity contribution in [2.45, 2.75) is 40.3 Å². The average molecular weight is 264 g/mol. The van der Waals surface area contributed by atoms with Crippen molar-refractivity contribution in [3.05, 3.63) is 29.3 Å². The van der Waals surface area contributed by atoms with Crippen molar-refractivity contribution in [1.29, 1.82) is 0 Å². The van der Waals surface area contributed by atoms with E-state index in [2.05, 4.69) is 56.5 Å². The Morgan fingerprint density at radius 3 is 2.53 bits per heavy atom. The summed E-state index contributed by atoms with van der Waals surface area (Å²) in [6, 6.07) is 6.83. The molecular weight excluding hydrogens is 236 g/mol. The van der Waals surface area contributed by atoms with Gasteiger partial charge in [0.25, 0.3) is 0 Å². The van der Waals surface area contributed by atoms with Crippen LogP contribution >= 0.6 is 0 Å². The lowest BCUT2D eigenvalue weighted by molar-refractivity contribution is 0.410. The molecule has 1 atom stereocenters. The van der Waals surface area contributed by atoms with Crippen molar-refractivity contribution < 1.29 is 4.74 Å². The van der Waals surface area contributed by atoms with E-state index in [1.165, 1.54) is 11.1 Å². The second-order valence-corrected chi connectivity index (χ2v) is 5.64. The topological polar surface area (TPSA) is 33.3 Å². The summed E-state index contributed by atoms with van der Waals surface area (Å²) in [6.07, 6.45) is 0. The lowest BCUT2D eigenvalue weighted by Crippen LogP contribution is -2.37. The molecule has 0 amide bonds. The summed E-state index contributed by atoms with van der Waals surface area (Å²) in [7, 11) is 1.72. The molecule has 1 aromatic carbocycles. The number of hydrogen-bond donors (Lipinski definition) is 2. The molecule has 3 heteroatoms. The molecule has 3 nitrogen and oxygen atoms in total. The third-order valence-electron chi connectivity index (χ3n) is 3.13. The minimum atomic E-state index is 0.464. The van der Waals surface area contributed by atoms with E-state index in [-0.39, 0.29) is 0 Å². The van der Waals surface area contributed by atoms with E-state index in [4.69, 9.17) is 4.74 Å². The highest BCUT2D eigenvalue weighted by atomic mass is 16.5. The summed E-state index contributed by atoms with van der Waals surface area (Å²) >= 11 is 0. The van der Waals surface area contributed by atoms with Gasteiger partial charge in [-0.1, -0.05) is 26.0 Å². The van der Waals surface area contributed by atoms with Crippen molar-refractivity contribution in [3.63, 3.8) is 0 Å². The summed E-state index contributed by atoms with van der Waals surface area (Å²) in [6.45, 7) is 11.7. The Labute approximate surface area is 117 Å². The van der Waals surface area contributed by atoms with Gasteiger partial charge in [-0.3, -0.25) is 0 Å². The van der Waals surface area contributed by atoms with Gasteiger partial charge < -0.3 is 15.4 Å². The Morgan fingerprint density at radius 1 is 1.16 bits per heavy atom. The van der Waals surface area contributed by atoms with Gasteiger partial charge >= 0.3 is 0 Å². The van der Waals surface area contributed by atoms with E-state index in [0.29, 0.717) is 12.0 Å². The van der Waals surface area contributed by atoms with Crippen LogP contribution in [0.3, 0.4) is 0 Å². The zero-order valence-corrected chi connectivity index (χ0v) is 12.9. The molecule has 0 bridgehead atoms. The molecule has 0 radical (unpaired) electrons. The van der Waals surface area contributed by atoms with Crippen molar-refractivity contribution in [2.24, 2.45) is 5.92 Å². The maximum absolute atomic E-state index is 5.34. The summed E-state index contributed by atoms with van der Waals surface area (Å²) in [5.41, 5.74) is 2.44. The molecule has 108 valence electrons. The molecule has 0 heterocycles. The average Bonchev–Trinajstić information content (AvgIpc) is 2.37. The van der Waals surface area contributed by atoms with Crippen LogP contribution in [0.4, 0.5) is 0 Å². The lowest BCUT2D eigenvalue weighted by Gasteiger charge is -2.16. The zero-order valence-electron chi connectivity index (χ0n) is 12.9. The van der Waals surface area contributed by atoms with Crippen molar-refractivity contribution >= 4 is 0 Å². The number of benzene rings is 1. The smallest absolute Gasteiger partial charge is 0.122 e. The summed E-state index contributed by atoms with van der Waals surface area (Å²) < 4.78 is 5.34. The van der Waals surface area contributed by atoms with Gasteiger partial charge in [0.1, 0.15) is 5.75 Å². The minimum absolute atomic E-state index is 0.464. The normalized spacial score (nSPS) is 12.7. The van der Waals surface area contributed by atoms with Crippen LogP contribution in [-0.2, 0) is 6.54 Å². The molecule has 0 saturated heterocycles. The molecule has 19 heavy (non-hydrogen) atoms. The van der Waals surface area contributed by atoms with E-state index < -0.39 is 0 Å². The van der Waals surface area contributed by atoms with Crippen LogP contribution < -0.4 is 15.4 Å². The van der Waals surface area contributed by atoms with Gasteiger partial charge in [0, 0.05) is 19.1 Å². The molecular formula is C16H28N2O. The van der Waals surface area contributed by atoms with Crippen LogP contribution in [0, 0.1) is 12.8 Å². The van der Waals surface area contributed by atoms with Gasteiger partial charge in [0.05, 0.1) is 7.11 Å². The molecule has 0 spiro atoms. The predicted octanol–water partition coefficient (Wildman–Crippen LogP) is 2.73. The molecule has 1 aromatic rings. The van der Waals surface area contributed by atoms with Crippen LogP contribution in [-0.4, -0.2) is 26.2 Å². The van der Waals surface area contributed by atoms with Crippen LogP contribution in [0.25, 0.3) is 0 Å². The van der Waals surface area contributed by atoms with E-state index in [9.17, 15) is 0 Å². The Bertz CT molecular complexity index is 377. The standard InChI is InChI=1S/C16H28N2O/c1-12(2)9-17-10-14(4)18-11-15-7-6-13(3)16(8-15)19-5/h6-8,12,14,17-18H,9-11H2,1-5H3. The quantitative estimate of drug-likeness (QED) is 0.757. The molecule has 1 unspecified atom stereocenters. The fourth-order valence-corrected chi connectivity index (χ4v) is 1.93. The number of aryl methyl sites for hydroxylation is 1. The molecule has 0 saturated carbocycles. The summed E-state index contributed by atoms with van der Waals surface area (Å²) in [4.78, 5) is 0. The molecule has 1 rings (SSSR count). The van der Waals surface area contributed by atoms with E-state index in [1.807, 2.05) is 0 Å². The molecule has 0 fully saturated rings. The van der Waals surface area contributed by atoms with Crippen molar-refractivity contribution in [1.82, 2.24) is 10.6 Å². The fraction of sp³-hybridized carbons (Fsp3) is 0.625. The Kier molecular flexibility index (Phi) is 6.89. The largest absolute Gasteiger partial charge is 0.496 e. The molecule has 0 aliphatic rings. The second-order valence-electron chi connectivity index (χ2n) is 5.64. The second kappa shape index (κ2) is 8.18. The first-order valence-corrected chi connectivity index (χ1v) is 7.10. The van der Waals surface area contributed by atoms with Gasteiger partial charge in [0.15, 0.2) is 0 Å². The molecule has 2 N–H and O–H groups in total. The van der Waals surface area contributed by atoms with Crippen LogP contribution in [0.2, 0.25) is 0 Å². The monoisotopic (exact) mass is 264 g/mol. The summed E-state index contributed by atoms with van der Waals surface area (Å²) in [5.74, 6) is 1.67. The van der Waals surface area contributed by atoms with Gasteiger partial charge in [-0.2, -0.15) is 0 Å². The number of hydrogen-bond acceptors (Lipinski definition) is 3. The maximum Gasteiger partial charge on any atom is 0.122 e. The van der Waals surface area contributed by atoms with Crippen molar-refractivity contribution in [2.75, 3.05) is 20.2 Å². The van der Waals surface area contributed by atoms with E-state index >= 15 is 0 Å². The van der Waals surface area contributed by atoms with Gasteiger partial charge in [-0.25, -0.2) is 0 Å². The molecule has 0 aromatic heterocycles. The lowest BCUT2D eigenvalue weighted by atomic mass is 10.1. The fourth-order valence-electron chi connectivity index (χ4n) is 1.93. The first-order chi connectivity index (χ1) is 9.02. The third kappa shape index (κ3) is 6.08. The Morgan fingerprint density at radius 2 is 1.89 bits per heavy atom. The third-order valence-corrected chi connectivity index (χ3v) is 3.13. The van der Waals surface area contributed by atoms with Crippen LogP contribution in [0.15, 0.2) is 18.2 Å². The SMILES string of the molecule is COc1cc(CNC(C)CNCC(C)C)ccc1C. The van der Waals surface area contributed by atoms with Crippen LogP contribution in [0.5, 0.6) is 5.75 Å². The van der Waals surface area contributed by atoms with E-state index in [1.54, 1.807) is 7.11 Å². The highest BCUT2D eigenvalue weighted by Crippen LogP contribution is 2.18. The van der Waals surface area contributed by atoms with Crippen molar-refractivity contribution in [3.8, 4) is 5.75 Å². The zero-order chi connectivity index (χ0) is 14.3. The van der Waals surface area contributed by atoms with Gasteiger partial charge in [-0.15, -0.1) is 0 Å². The molecule has 0 aliphatic heterocycles.